The van der Waals surface area contributed by atoms with Crippen LogP contribution in [0.1, 0.15) is 76.3 Å². The smallest absolute Gasteiger partial charge is 0.267 e. The predicted octanol–water partition coefficient (Wildman–Crippen LogP) is 6.70. The van der Waals surface area contributed by atoms with Crippen LogP contribution in [0.2, 0.25) is 0 Å². The molecule has 24 heavy (non-hydrogen) atoms. The zero-order chi connectivity index (χ0) is 17.5. The summed E-state index contributed by atoms with van der Waals surface area (Å²) in [6.07, 6.45) is 5.93. The Morgan fingerprint density at radius 3 is 2.46 bits per heavy atom. The van der Waals surface area contributed by atoms with Gasteiger partial charge in [-0.05, 0) is 43.2 Å². The summed E-state index contributed by atoms with van der Waals surface area (Å²) in [7, 11) is 0. The Balaban J connectivity index is 1.88. The Hall–Kier alpha value is -1.19. The van der Waals surface area contributed by atoms with Crippen molar-refractivity contribution < 1.29 is 17.9 Å². The quantitative estimate of drug-likeness (QED) is 0.478. The van der Waals surface area contributed by atoms with Crippen molar-refractivity contribution in [3.8, 4) is 5.75 Å². The molecule has 1 aliphatic rings. The number of hydrogen-bond acceptors (Lipinski definition) is 1. The molecule has 0 amide bonds. The molecular weight excluding hydrogens is 313 g/mol. The van der Waals surface area contributed by atoms with Crippen LogP contribution in [-0.4, -0.2) is 6.61 Å². The Bertz CT molecular complexity index is 508. The van der Waals surface area contributed by atoms with Crippen molar-refractivity contribution in [1.82, 2.24) is 0 Å². The van der Waals surface area contributed by atoms with E-state index >= 15 is 0 Å². The fraction of sp³-hybridized carbons (Fsp3) is 0.700. The molecule has 0 aromatic heterocycles. The van der Waals surface area contributed by atoms with Crippen LogP contribution < -0.4 is 4.74 Å². The first-order chi connectivity index (χ1) is 11.5. The average molecular weight is 342 g/mol. The van der Waals surface area contributed by atoms with Gasteiger partial charge in [0.05, 0.1) is 12.2 Å². The molecule has 0 saturated heterocycles. The molecule has 0 bridgehead atoms. The molecule has 1 aromatic carbocycles. The van der Waals surface area contributed by atoms with E-state index in [4.69, 9.17) is 4.74 Å². The maximum absolute atomic E-state index is 14.2. The highest BCUT2D eigenvalue weighted by atomic mass is 19.3. The van der Waals surface area contributed by atoms with E-state index in [9.17, 15) is 13.2 Å². The van der Waals surface area contributed by atoms with Crippen LogP contribution in [0, 0.1) is 17.7 Å². The lowest BCUT2D eigenvalue weighted by Crippen LogP contribution is -2.12. The van der Waals surface area contributed by atoms with Gasteiger partial charge in [0.25, 0.3) is 6.43 Å². The lowest BCUT2D eigenvalue weighted by Gasteiger charge is -2.26. The van der Waals surface area contributed by atoms with Crippen molar-refractivity contribution in [2.45, 2.75) is 71.6 Å². The molecule has 4 heteroatoms. The molecule has 0 atom stereocenters. The maximum atomic E-state index is 14.2. The summed E-state index contributed by atoms with van der Waals surface area (Å²) in [6.45, 7) is 4.28. The molecule has 1 fully saturated rings. The summed E-state index contributed by atoms with van der Waals surface area (Å²) >= 11 is 0. The molecule has 0 N–H and O–H groups in total. The minimum Gasteiger partial charge on any atom is -0.491 e. The molecule has 1 nitrogen and oxygen atoms in total. The van der Waals surface area contributed by atoms with Gasteiger partial charge < -0.3 is 4.74 Å². The van der Waals surface area contributed by atoms with Crippen LogP contribution >= 0.6 is 0 Å². The minimum absolute atomic E-state index is 0.0760. The topological polar surface area (TPSA) is 9.23 Å². The second-order valence-corrected chi connectivity index (χ2v) is 7.06. The first-order valence-corrected chi connectivity index (χ1v) is 9.25. The molecule has 0 radical (unpaired) electrons. The molecule has 1 aromatic rings. The van der Waals surface area contributed by atoms with E-state index in [0.29, 0.717) is 12.0 Å². The standard InChI is InChI=1S/C20H29F3O/c1-3-24-17-13-12-16(18(19(17)21)20(22)23)7-5-4-6-15-10-8-14(2)9-11-15/h12-15,20H,3-11H2,1-2H3. The van der Waals surface area contributed by atoms with Crippen molar-refractivity contribution in [1.29, 1.82) is 0 Å². The highest BCUT2D eigenvalue weighted by Gasteiger charge is 2.22. The zero-order valence-corrected chi connectivity index (χ0v) is 14.8. The van der Waals surface area contributed by atoms with Crippen molar-refractivity contribution in [2.24, 2.45) is 11.8 Å². The first-order valence-electron chi connectivity index (χ1n) is 9.25. The van der Waals surface area contributed by atoms with Gasteiger partial charge in [0.2, 0.25) is 0 Å². The number of hydrogen-bond donors (Lipinski definition) is 0. The van der Waals surface area contributed by atoms with Gasteiger partial charge in [-0.1, -0.05) is 51.5 Å². The van der Waals surface area contributed by atoms with Crippen LogP contribution in [0.25, 0.3) is 0 Å². The van der Waals surface area contributed by atoms with Gasteiger partial charge in [0.15, 0.2) is 11.6 Å². The Kier molecular flexibility index (Phi) is 7.44. The van der Waals surface area contributed by atoms with Gasteiger partial charge in [-0.3, -0.25) is 0 Å². The van der Waals surface area contributed by atoms with Gasteiger partial charge in [-0.2, -0.15) is 0 Å². The van der Waals surface area contributed by atoms with Crippen molar-refractivity contribution in [3.05, 3.63) is 29.1 Å². The SMILES string of the molecule is CCOc1ccc(CCCCC2CCC(C)CC2)c(C(F)F)c1F. The Morgan fingerprint density at radius 2 is 1.83 bits per heavy atom. The molecule has 2 rings (SSSR count). The van der Waals surface area contributed by atoms with Gasteiger partial charge in [0.1, 0.15) is 0 Å². The fourth-order valence-electron chi connectivity index (χ4n) is 3.70. The second-order valence-electron chi connectivity index (χ2n) is 7.06. The van der Waals surface area contributed by atoms with Gasteiger partial charge in [0, 0.05) is 0 Å². The highest BCUT2D eigenvalue weighted by Crippen LogP contribution is 2.34. The zero-order valence-electron chi connectivity index (χ0n) is 14.8. The van der Waals surface area contributed by atoms with Crippen LogP contribution in [0.4, 0.5) is 13.2 Å². The summed E-state index contributed by atoms with van der Waals surface area (Å²) in [4.78, 5) is 0. The molecule has 0 spiro atoms. The normalized spacial score (nSPS) is 21.2. The highest BCUT2D eigenvalue weighted by molar-refractivity contribution is 5.38. The van der Waals surface area contributed by atoms with E-state index in [1.807, 2.05) is 0 Å². The van der Waals surface area contributed by atoms with Crippen LogP contribution in [-0.2, 0) is 6.42 Å². The first kappa shape index (κ1) is 19.1. The molecule has 0 aliphatic heterocycles. The third kappa shape index (κ3) is 5.15. The predicted molar refractivity (Wildman–Crippen MR) is 91.2 cm³/mol. The van der Waals surface area contributed by atoms with Gasteiger partial charge in [-0.15, -0.1) is 0 Å². The lowest BCUT2D eigenvalue weighted by molar-refractivity contribution is 0.143. The summed E-state index contributed by atoms with van der Waals surface area (Å²) in [5.41, 5.74) is -0.0596. The second kappa shape index (κ2) is 9.33. The van der Waals surface area contributed by atoms with E-state index in [1.54, 1.807) is 13.0 Å². The van der Waals surface area contributed by atoms with Crippen molar-refractivity contribution >= 4 is 0 Å². The third-order valence-electron chi connectivity index (χ3n) is 5.20. The Labute approximate surface area is 143 Å². The van der Waals surface area contributed by atoms with Gasteiger partial charge in [-0.25, -0.2) is 13.2 Å². The molecule has 0 heterocycles. The van der Waals surface area contributed by atoms with Crippen molar-refractivity contribution in [3.63, 3.8) is 0 Å². The van der Waals surface area contributed by atoms with E-state index < -0.39 is 17.8 Å². The minimum atomic E-state index is -2.81. The van der Waals surface area contributed by atoms with E-state index in [1.165, 1.54) is 31.7 Å². The summed E-state index contributed by atoms with van der Waals surface area (Å²) < 4.78 is 45.8. The molecule has 1 saturated carbocycles. The van der Waals surface area contributed by atoms with Crippen LogP contribution in [0.5, 0.6) is 5.75 Å². The fourth-order valence-corrected chi connectivity index (χ4v) is 3.70. The largest absolute Gasteiger partial charge is 0.491 e. The maximum Gasteiger partial charge on any atom is 0.267 e. The Morgan fingerprint density at radius 1 is 1.12 bits per heavy atom. The van der Waals surface area contributed by atoms with Crippen molar-refractivity contribution in [2.75, 3.05) is 6.61 Å². The number of benzene rings is 1. The number of rotatable bonds is 8. The molecule has 1 aliphatic carbocycles. The monoisotopic (exact) mass is 342 g/mol. The molecule has 0 unspecified atom stereocenters. The lowest BCUT2D eigenvalue weighted by atomic mass is 9.80. The van der Waals surface area contributed by atoms with E-state index in [-0.39, 0.29) is 12.4 Å². The number of aryl methyl sites for hydroxylation is 1. The summed E-state index contributed by atoms with van der Waals surface area (Å²) in [5.74, 6) is 0.660. The van der Waals surface area contributed by atoms with E-state index in [0.717, 1.165) is 31.1 Å². The number of ether oxygens (including phenoxy) is 1. The average Bonchev–Trinajstić information content (AvgIpc) is 2.55. The number of unbranched alkanes of at least 4 members (excludes halogenated alkanes) is 1. The number of halogens is 3. The van der Waals surface area contributed by atoms with Gasteiger partial charge >= 0.3 is 0 Å². The summed E-state index contributed by atoms with van der Waals surface area (Å²) in [5, 5.41) is 0. The summed E-state index contributed by atoms with van der Waals surface area (Å²) in [6, 6.07) is 3.07. The molecular formula is C20H29F3O. The number of alkyl halides is 2. The van der Waals surface area contributed by atoms with E-state index in [2.05, 4.69) is 6.92 Å². The van der Waals surface area contributed by atoms with Crippen LogP contribution in [0.15, 0.2) is 12.1 Å². The van der Waals surface area contributed by atoms with Crippen LogP contribution in [0.3, 0.4) is 0 Å². The molecule has 136 valence electrons. The third-order valence-corrected chi connectivity index (χ3v) is 5.20.